The van der Waals surface area contributed by atoms with Gasteiger partial charge in [0.05, 0.1) is 18.0 Å². The predicted molar refractivity (Wildman–Crippen MR) is 106 cm³/mol. The Morgan fingerprint density at radius 3 is 2.93 bits per heavy atom. The maximum atomic E-state index is 12.5. The first-order valence-electron chi connectivity index (χ1n) is 9.33. The summed E-state index contributed by atoms with van der Waals surface area (Å²) in [6.45, 7) is 2.31. The third kappa shape index (κ3) is 3.02. The third-order valence-corrected chi connectivity index (χ3v) is 5.22. The number of nitrogens with one attached hydrogen (secondary N) is 1. The van der Waals surface area contributed by atoms with Crippen LogP contribution < -0.4 is 15.0 Å². The smallest absolute Gasteiger partial charge is 0.251 e. The van der Waals surface area contributed by atoms with Crippen molar-refractivity contribution < 1.29 is 9.53 Å². The zero-order valence-corrected chi connectivity index (χ0v) is 16.1. The fourth-order valence-electron chi connectivity index (χ4n) is 3.67. The quantitative estimate of drug-likeness (QED) is 0.538. The van der Waals surface area contributed by atoms with Crippen molar-refractivity contribution in [2.45, 2.75) is 0 Å². The number of aryl methyl sites for hydroxylation is 1. The van der Waals surface area contributed by atoms with Crippen LogP contribution in [0.2, 0.25) is 0 Å². The van der Waals surface area contributed by atoms with Crippen LogP contribution >= 0.6 is 0 Å². The van der Waals surface area contributed by atoms with Gasteiger partial charge in [0.2, 0.25) is 5.88 Å². The Kier molecular flexibility index (Phi) is 4.04. The van der Waals surface area contributed by atoms with E-state index in [0.717, 1.165) is 35.5 Å². The van der Waals surface area contributed by atoms with Gasteiger partial charge in [0, 0.05) is 38.2 Å². The van der Waals surface area contributed by atoms with Crippen LogP contribution in [0.5, 0.6) is 5.88 Å². The number of nitrogens with zero attached hydrogens (tertiary/aromatic N) is 7. The SMILES string of the molecule is COc1c2ccc(C(=O)NCC3CN(c4ccc5nncn5n4)C3)cc2nn1C. The third-order valence-electron chi connectivity index (χ3n) is 5.22. The monoisotopic (exact) mass is 392 g/mol. The lowest BCUT2D eigenvalue weighted by atomic mass is 10.00. The summed E-state index contributed by atoms with van der Waals surface area (Å²) in [6, 6.07) is 9.29. The Labute approximate surface area is 166 Å². The molecule has 0 spiro atoms. The number of carbonyl (C=O) groups is 1. The zero-order chi connectivity index (χ0) is 20.0. The molecule has 1 N–H and O–H groups in total. The van der Waals surface area contributed by atoms with Gasteiger partial charge < -0.3 is 15.0 Å². The lowest BCUT2D eigenvalue weighted by Gasteiger charge is -2.40. The van der Waals surface area contributed by atoms with Crippen molar-refractivity contribution in [3.05, 3.63) is 42.2 Å². The number of fused-ring (bicyclic) bond motifs is 2. The Bertz CT molecular complexity index is 1210. The van der Waals surface area contributed by atoms with Crippen molar-refractivity contribution >= 4 is 28.3 Å². The first kappa shape index (κ1) is 17.4. The van der Waals surface area contributed by atoms with E-state index in [9.17, 15) is 4.79 Å². The van der Waals surface area contributed by atoms with Gasteiger partial charge in [-0.25, -0.2) is 4.68 Å². The molecule has 10 nitrogen and oxygen atoms in total. The number of carbonyl (C=O) groups excluding carboxylic acids is 1. The largest absolute Gasteiger partial charge is 0.481 e. The maximum Gasteiger partial charge on any atom is 0.251 e. The molecule has 0 aliphatic carbocycles. The number of hydrogen-bond donors (Lipinski definition) is 1. The van der Waals surface area contributed by atoms with Crippen LogP contribution in [0.1, 0.15) is 10.4 Å². The Morgan fingerprint density at radius 2 is 2.10 bits per heavy atom. The summed E-state index contributed by atoms with van der Waals surface area (Å²) in [5.74, 6) is 1.85. The summed E-state index contributed by atoms with van der Waals surface area (Å²) < 4.78 is 8.67. The van der Waals surface area contributed by atoms with Gasteiger partial charge in [-0.05, 0) is 30.3 Å². The molecular weight excluding hydrogens is 372 g/mol. The van der Waals surface area contributed by atoms with Crippen molar-refractivity contribution in [3.63, 3.8) is 0 Å². The van der Waals surface area contributed by atoms with E-state index in [4.69, 9.17) is 4.74 Å². The lowest BCUT2D eigenvalue weighted by Crippen LogP contribution is -2.52. The minimum Gasteiger partial charge on any atom is -0.481 e. The number of anilines is 1. The number of aromatic nitrogens is 6. The summed E-state index contributed by atoms with van der Waals surface area (Å²) in [5.41, 5.74) is 2.05. The van der Waals surface area contributed by atoms with Crippen molar-refractivity contribution in [1.82, 2.24) is 34.9 Å². The molecule has 1 fully saturated rings. The fourth-order valence-corrected chi connectivity index (χ4v) is 3.67. The molecular formula is C19H20N8O2. The molecule has 1 aromatic carbocycles. The molecule has 4 heterocycles. The summed E-state index contributed by atoms with van der Waals surface area (Å²) in [6.07, 6.45) is 1.59. The number of rotatable bonds is 5. The molecule has 148 valence electrons. The molecule has 10 heteroatoms. The topological polar surface area (TPSA) is 102 Å². The second-order valence-corrected chi connectivity index (χ2v) is 7.17. The first-order chi connectivity index (χ1) is 14.1. The summed E-state index contributed by atoms with van der Waals surface area (Å²) in [4.78, 5) is 14.7. The fraction of sp³-hybridized carbons (Fsp3) is 0.316. The Hall–Kier alpha value is -3.69. The second kappa shape index (κ2) is 6.73. The van der Waals surface area contributed by atoms with Crippen LogP contribution in [-0.4, -0.2) is 62.2 Å². The molecule has 5 rings (SSSR count). The highest BCUT2D eigenvalue weighted by atomic mass is 16.5. The van der Waals surface area contributed by atoms with E-state index in [-0.39, 0.29) is 5.91 Å². The summed E-state index contributed by atoms with van der Waals surface area (Å²) in [5, 5.41) is 20.6. The normalized spacial score (nSPS) is 14.3. The molecule has 1 aliphatic heterocycles. The van der Waals surface area contributed by atoms with Gasteiger partial charge in [0.25, 0.3) is 5.91 Å². The summed E-state index contributed by atoms with van der Waals surface area (Å²) in [7, 11) is 3.43. The maximum absolute atomic E-state index is 12.5. The van der Waals surface area contributed by atoms with Crippen LogP contribution in [0, 0.1) is 5.92 Å². The number of amides is 1. The van der Waals surface area contributed by atoms with E-state index >= 15 is 0 Å². The van der Waals surface area contributed by atoms with E-state index in [1.54, 1.807) is 34.8 Å². The Balaban J connectivity index is 1.19. The minimum absolute atomic E-state index is 0.0981. The van der Waals surface area contributed by atoms with Gasteiger partial charge in [0.15, 0.2) is 5.65 Å². The molecule has 4 aromatic rings. The molecule has 0 radical (unpaired) electrons. The van der Waals surface area contributed by atoms with E-state index in [1.165, 1.54) is 0 Å². The molecule has 1 amide bonds. The van der Waals surface area contributed by atoms with Gasteiger partial charge in [0.1, 0.15) is 12.1 Å². The molecule has 0 atom stereocenters. The lowest BCUT2D eigenvalue weighted by molar-refractivity contribution is 0.0944. The van der Waals surface area contributed by atoms with Gasteiger partial charge in [-0.3, -0.25) is 4.79 Å². The number of benzene rings is 1. The van der Waals surface area contributed by atoms with Crippen LogP contribution in [0.25, 0.3) is 16.6 Å². The molecule has 0 saturated carbocycles. The number of methoxy groups -OCH3 is 1. The molecule has 29 heavy (non-hydrogen) atoms. The van der Waals surface area contributed by atoms with E-state index in [1.807, 2.05) is 25.2 Å². The highest BCUT2D eigenvalue weighted by molar-refractivity contribution is 5.98. The van der Waals surface area contributed by atoms with E-state index in [2.05, 4.69) is 30.6 Å². The first-order valence-corrected chi connectivity index (χ1v) is 9.33. The highest BCUT2D eigenvalue weighted by Gasteiger charge is 2.28. The zero-order valence-electron chi connectivity index (χ0n) is 16.1. The summed E-state index contributed by atoms with van der Waals surface area (Å²) >= 11 is 0. The average molecular weight is 392 g/mol. The minimum atomic E-state index is -0.0981. The van der Waals surface area contributed by atoms with Gasteiger partial charge in [-0.1, -0.05) is 0 Å². The van der Waals surface area contributed by atoms with Crippen LogP contribution in [0.15, 0.2) is 36.7 Å². The van der Waals surface area contributed by atoms with Crippen molar-refractivity contribution in [1.29, 1.82) is 0 Å². The second-order valence-electron chi connectivity index (χ2n) is 7.17. The van der Waals surface area contributed by atoms with Gasteiger partial charge >= 0.3 is 0 Å². The van der Waals surface area contributed by atoms with Crippen LogP contribution in [-0.2, 0) is 7.05 Å². The Morgan fingerprint density at radius 1 is 1.24 bits per heavy atom. The van der Waals surface area contributed by atoms with Crippen LogP contribution in [0.4, 0.5) is 5.82 Å². The van der Waals surface area contributed by atoms with Gasteiger partial charge in [-0.2, -0.15) is 9.61 Å². The standard InChI is InChI=1S/C19H20N8O2/c1-25-19(29-2)14-4-3-13(7-15(14)23-25)18(28)20-8-12-9-26(10-12)17-6-5-16-22-21-11-27(16)24-17/h3-7,11-12H,8-10H2,1-2H3,(H,20,28). The number of hydrogen-bond acceptors (Lipinski definition) is 7. The number of ether oxygens (including phenoxy) is 1. The van der Waals surface area contributed by atoms with Crippen molar-refractivity contribution in [2.24, 2.45) is 13.0 Å². The average Bonchev–Trinajstić information content (AvgIpc) is 3.28. The van der Waals surface area contributed by atoms with E-state index in [0.29, 0.717) is 23.9 Å². The molecule has 0 unspecified atom stereocenters. The molecule has 0 bridgehead atoms. The highest BCUT2D eigenvalue weighted by Crippen LogP contribution is 2.26. The predicted octanol–water partition coefficient (Wildman–Crippen LogP) is 0.886. The van der Waals surface area contributed by atoms with Crippen molar-refractivity contribution in [3.8, 4) is 5.88 Å². The molecule has 3 aromatic heterocycles. The molecule has 1 aliphatic rings. The van der Waals surface area contributed by atoms with Gasteiger partial charge in [-0.15, -0.1) is 15.3 Å². The van der Waals surface area contributed by atoms with Crippen molar-refractivity contribution in [2.75, 3.05) is 31.6 Å². The van der Waals surface area contributed by atoms with Crippen LogP contribution in [0.3, 0.4) is 0 Å². The molecule has 1 saturated heterocycles. The van der Waals surface area contributed by atoms with E-state index < -0.39 is 0 Å².